The van der Waals surface area contributed by atoms with E-state index in [2.05, 4.69) is 16.0 Å². The van der Waals surface area contributed by atoms with Crippen molar-refractivity contribution in [1.29, 1.82) is 0 Å². The number of anilines is 2. The molecule has 0 spiro atoms. The molecule has 1 aliphatic rings. The van der Waals surface area contributed by atoms with E-state index in [-0.39, 0.29) is 24.2 Å². The number of hydrogen-bond donors (Lipinski definition) is 3. The number of piperidine rings is 1. The topological polar surface area (TPSA) is 70.2 Å². The molecule has 2 amide bonds. The van der Waals surface area contributed by atoms with E-state index in [1.807, 2.05) is 36.6 Å². The summed E-state index contributed by atoms with van der Waals surface area (Å²) in [6.45, 7) is 2.80. The Hall–Kier alpha value is -1.89. The molecule has 2 heterocycles. The van der Waals surface area contributed by atoms with Gasteiger partial charge in [-0.3, -0.25) is 9.59 Å². The van der Waals surface area contributed by atoms with Gasteiger partial charge in [-0.25, -0.2) is 0 Å². The lowest BCUT2D eigenvalue weighted by atomic mass is 9.90. The van der Waals surface area contributed by atoms with E-state index in [0.717, 1.165) is 25.8 Å². The molecule has 134 valence electrons. The zero-order chi connectivity index (χ0) is 17.0. The van der Waals surface area contributed by atoms with Crippen LogP contribution in [0.25, 0.3) is 0 Å². The number of nitrogens with one attached hydrogen (secondary N) is 3. The van der Waals surface area contributed by atoms with E-state index in [9.17, 15) is 9.59 Å². The summed E-state index contributed by atoms with van der Waals surface area (Å²) in [5.41, 5.74) is 0.805. The van der Waals surface area contributed by atoms with Crippen molar-refractivity contribution in [3.63, 3.8) is 0 Å². The molecular weight excluding hydrogens is 358 g/mol. The molecule has 0 aliphatic carbocycles. The summed E-state index contributed by atoms with van der Waals surface area (Å²) in [5, 5.41) is 11.0. The van der Waals surface area contributed by atoms with Gasteiger partial charge in [0.2, 0.25) is 5.91 Å². The van der Waals surface area contributed by atoms with Crippen LogP contribution in [0.3, 0.4) is 0 Å². The fraction of sp³-hybridized carbons (Fsp3) is 0.333. The molecule has 1 aromatic carbocycles. The van der Waals surface area contributed by atoms with Gasteiger partial charge >= 0.3 is 0 Å². The van der Waals surface area contributed by atoms with Gasteiger partial charge < -0.3 is 16.0 Å². The molecule has 25 heavy (non-hydrogen) atoms. The Kier molecular flexibility index (Phi) is 6.58. The van der Waals surface area contributed by atoms with Gasteiger partial charge in [0.1, 0.15) is 0 Å². The summed E-state index contributed by atoms with van der Waals surface area (Å²) in [6.07, 6.45) is 2.98. The summed E-state index contributed by atoms with van der Waals surface area (Å²) in [4.78, 5) is 25.3. The molecule has 1 fully saturated rings. The van der Waals surface area contributed by atoms with Crippen molar-refractivity contribution < 1.29 is 9.59 Å². The summed E-state index contributed by atoms with van der Waals surface area (Å²) in [6, 6.07) is 10.8. The predicted octanol–water partition coefficient (Wildman–Crippen LogP) is 3.89. The van der Waals surface area contributed by atoms with Crippen LogP contribution in [0.5, 0.6) is 0 Å². The normalized spacial score (nSPS) is 19.6. The average Bonchev–Trinajstić information content (AvgIpc) is 3.10. The van der Waals surface area contributed by atoms with E-state index in [1.165, 1.54) is 11.3 Å². The molecule has 0 radical (unpaired) electrons. The van der Waals surface area contributed by atoms with Gasteiger partial charge in [0.05, 0.1) is 10.4 Å². The molecule has 0 saturated carbocycles. The first-order chi connectivity index (χ1) is 11.6. The Morgan fingerprint density at radius 2 is 1.88 bits per heavy atom. The van der Waals surface area contributed by atoms with Gasteiger partial charge in [-0.2, -0.15) is 0 Å². The van der Waals surface area contributed by atoms with Gasteiger partial charge in [-0.05, 0) is 62.4 Å². The molecule has 1 aliphatic heterocycles. The fourth-order valence-electron chi connectivity index (χ4n) is 2.79. The molecule has 1 atom stereocenters. The summed E-state index contributed by atoms with van der Waals surface area (Å²) < 4.78 is 0. The summed E-state index contributed by atoms with van der Waals surface area (Å²) in [7, 11) is 0. The molecule has 7 heteroatoms. The quantitative estimate of drug-likeness (QED) is 0.754. The minimum Gasteiger partial charge on any atom is -0.324 e. The summed E-state index contributed by atoms with van der Waals surface area (Å²) in [5.74, 6) is -0.182. The van der Waals surface area contributed by atoms with Gasteiger partial charge in [-0.15, -0.1) is 23.7 Å². The molecule has 1 unspecified atom stereocenters. The third kappa shape index (κ3) is 4.81. The minimum atomic E-state index is -0.533. The number of amides is 2. The first kappa shape index (κ1) is 19.4. The van der Waals surface area contributed by atoms with Gasteiger partial charge in [-0.1, -0.05) is 12.1 Å². The Morgan fingerprint density at radius 3 is 2.52 bits per heavy atom. The Balaban J connectivity index is 0.00000225. The maximum absolute atomic E-state index is 12.6. The van der Waals surface area contributed by atoms with Crippen LogP contribution in [-0.2, 0) is 4.79 Å². The van der Waals surface area contributed by atoms with Crippen LogP contribution in [0.4, 0.5) is 11.4 Å². The van der Waals surface area contributed by atoms with Crippen LogP contribution in [0, 0.1) is 0 Å². The second-order valence-corrected chi connectivity index (χ2v) is 7.13. The average molecular weight is 380 g/mol. The smallest absolute Gasteiger partial charge is 0.265 e. The highest BCUT2D eigenvalue weighted by molar-refractivity contribution is 7.12. The molecule has 3 rings (SSSR count). The summed E-state index contributed by atoms with van der Waals surface area (Å²) >= 11 is 1.39. The van der Waals surface area contributed by atoms with E-state index in [0.29, 0.717) is 16.3 Å². The third-order valence-corrected chi connectivity index (χ3v) is 5.11. The van der Waals surface area contributed by atoms with Crippen molar-refractivity contribution in [3.8, 4) is 0 Å². The molecular formula is C18H22ClN3O2S. The van der Waals surface area contributed by atoms with Crippen molar-refractivity contribution in [2.24, 2.45) is 0 Å². The van der Waals surface area contributed by atoms with Crippen molar-refractivity contribution in [3.05, 3.63) is 46.7 Å². The standard InChI is InChI=1S/C18H21N3O2S.ClH/c1-18(9-2-3-10-19-18)17(23)21-14-7-4-6-13(12-14)20-16(22)15-8-5-11-24-15;/h4-8,11-12,19H,2-3,9-10H2,1H3,(H,20,22)(H,21,23);1H. The lowest BCUT2D eigenvalue weighted by Crippen LogP contribution is -2.54. The number of rotatable bonds is 4. The van der Waals surface area contributed by atoms with Crippen molar-refractivity contribution >= 4 is 46.9 Å². The van der Waals surface area contributed by atoms with Crippen LogP contribution < -0.4 is 16.0 Å². The highest BCUT2D eigenvalue weighted by Gasteiger charge is 2.34. The molecule has 3 N–H and O–H groups in total. The molecule has 1 saturated heterocycles. The lowest BCUT2D eigenvalue weighted by molar-refractivity contribution is -0.122. The molecule has 1 aromatic heterocycles. The van der Waals surface area contributed by atoms with Gasteiger partial charge in [0.15, 0.2) is 0 Å². The fourth-order valence-corrected chi connectivity index (χ4v) is 3.41. The second-order valence-electron chi connectivity index (χ2n) is 6.18. The lowest BCUT2D eigenvalue weighted by Gasteiger charge is -2.33. The monoisotopic (exact) mass is 379 g/mol. The highest BCUT2D eigenvalue weighted by Crippen LogP contribution is 2.22. The van der Waals surface area contributed by atoms with Crippen LogP contribution in [0.15, 0.2) is 41.8 Å². The largest absolute Gasteiger partial charge is 0.324 e. The number of thiophene rings is 1. The maximum atomic E-state index is 12.6. The number of benzene rings is 1. The van der Waals surface area contributed by atoms with Crippen molar-refractivity contribution in [1.82, 2.24) is 5.32 Å². The van der Waals surface area contributed by atoms with E-state index < -0.39 is 5.54 Å². The van der Waals surface area contributed by atoms with Crippen molar-refractivity contribution in [2.45, 2.75) is 31.7 Å². The van der Waals surface area contributed by atoms with E-state index >= 15 is 0 Å². The Labute approximate surface area is 157 Å². The predicted molar refractivity (Wildman–Crippen MR) is 105 cm³/mol. The van der Waals surface area contributed by atoms with Crippen LogP contribution in [0.1, 0.15) is 35.9 Å². The Morgan fingerprint density at radius 1 is 1.12 bits per heavy atom. The Bertz CT molecular complexity index is 728. The molecule has 5 nitrogen and oxygen atoms in total. The van der Waals surface area contributed by atoms with Crippen LogP contribution in [-0.4, -0.2) is 23.9 Å². The van der Waals surface area contributed by atoms with Crippen molar-refractivity contribution in [2.75, 3.05) is 17.2 Å². The number of carbonyl (C=O) groups excluding carboxylic acids is 2. The van der Waals surface area contributed by atoms with Crippen LogP contribution >= 0.6 is 23.7 Å². The molecule has 2 aromatic rings. The van der Waals surface area contributed by atoms with Gasteiger partial charge in [0.25, 0.3) is 5.91 Å². The van der Waals surface area contributed by atoms with E-state index in [1.54, 1.807) is 12.1 Å². The minimum absolute atomic E-state index is 0. The number of carbonyl (C=O) groups is 2. The number of hydrogen-bond acceptors (Lipinski definition) is 4. The first-order valence-corrected chi connectivity index (χ1v) is 8.96. The number of halogens is 1. The SMILES string of the molecule is CC1(C(=O)Nc2cccc(NC(=O)c3cccs3)c2)CCCCN1.Cl. The third-order valence-electron chi connectivity index (χ3n) is 4.24. The van der Waals surface area contributed by atoms with Gasteiger partial charge in [0, 0.05) is 11.4 Å². The van der Waals surface area contributed by atoms with Crippen LogP contribution in [0.2, 0.25) is 0 Å². The maximum Gasteiger partial charge on any atom is 0.265 e. The van der Waals surface area contributed by atoms with E-state index in [4.69, 9.17) is 0 Å². The first-order valence-electron chi connectivity index (χ1n) is 8.08. The highest BCUT2D eigenvalue weighted by atomic mass is 35.5. The zero-order valence-corrected chi connectivity index (χ0v) is 15.6. The zero-order valence-electron chi connectivity index (χ0n) is 14.0. The molecule has 0 bridgehead atoms. The second kappa shape index (κ2) is 8.47.